The number of hydrogen-bond donors (Lipinski definition) is 4. The number of carboxylic acid groups (broad SMARTS) is 3. The van der Waals surface area contributed by atoms with Crippen LogP contribution >= 0.6 is 11.8 Å². The molecule has 0 amide bonds. The number of nitrogens with two attached hydrogens (primary N) is 1. The predicted octanol–water partition coefficient (Wildman–Crippen LogP) is -1.88. The fraction of sp³-hybridized carbons (Fsp3) is 0.235. The number of aromatic amines is 2. The molecule has 0 aliphatic rings. The molecule has 0 unspecified atom stereocenters. The van der Waals surface area contributed by atoms with E-state index in [1.807, 2.05) is 6.26 Å². The van der Waals surface area contributed by atoms with Gasteiger partial charge in [-0.1, -0.05) is 0 Å². The quantitative estimate of drug-likeness (QED) is 0.234. The van der Waals surface area contributed by atoms with E-state index in [0.29, 0.717) is 17.8 Å². The third-order valence-electron chi connectivity index (χ3n) is 2.77. The van der Waals surface area contributed by atoms with E-state index in [9.17, 15) is 24.6 Å². The average Bonchev–Trinajstić information content (AvgIpc) is 3.37. The van der Waals surface area contributed by atoms with Crippen molar-refractivity contribution in [3.8, 4) is 0 Å². The summed E-state index contributed by atoms with van der Waals surface area (Å²) in [4.78, 5) is 42.7. The van der Waals surface area contributed by atoms with E-state index >= 15 is 0 Å². The SMILES string of the molecule is CSCC[C@H](N)C(=O)O.O=C([O-])C=Cc1c[nH]cn1.O=C([O-])C=Cc1c[nH]cn1.[Se+2]. The first-order valence-corrected chi connectivity index (χ1v) is 9.38. The van der Waals surface area contributed by atoms with E-state index < -0.39 is 23.9 Å². The zero-order chi connectivity index (χ0) is 22.1. The number of thioether (sulfide) groups is 1. The number of H-pyrrole nitrogens is 2. The maximum atomic E-state index is 10.1. The second-order valence-electron chi connectivity index (χ2n) is 5.02. The molecule has 2 rings (SSSR count). The van der Waals surface area contributed by atoms with E-state index in [-0.39, 0.29) is 17.1 Å². The second-order valence-corrected chi connectivity index (χ2v) is 6.00. The van der Waals surface area contributed by atoms with Crippen LogP contribution in [0.15, 0.2) is 37.2 Å². The summed E-state index contributed by atoms with van der Waals surface area (Å²) >= 11 is 1.60. The van der Waals surface area contributed by atoms with Crippen LogP contribution in [0.3, 0.4) is 0 Å². The third kappa shape index (κ3) is 17.3. The number of aromatic nitrogens is 4. The Labute approximate surface area is 187 Å². The van der Waals surface area contributed by atoms with Crippen LogP contribution < -0.4 is 15.9 Å². The molecule has 30 heavy (non-hydrogen) atoms. The van der Waals surface area contributed by atoms with Crippen LogP contribution in [0.5, 0.6) is 0 Å². The molecule has 11 nitrogen and oxygen atoms in total. The predicted molar refractivity (Wildman–Crippen MR) is 110 cm³/mol. The fourth-order valence-corrected chi connectivity index (χ4v) is 1.89. The number of nitrogens with zero attached hydrogens (tertiary/aromatic N) is 2. The molecule has 0 aliphatic heterocycles. The van der Waals surface area contributed by atoms with Crippen LogP contribution in [0, 0.1) is 0 Å². The summed E-state index contributed by atoms with van der Waals surface area (Å²) in [6.07, 6.45) is 13.1. The summed E-state index contributed by atoms with van der Waals surface area (Å²) in [5.74, 6) is -2.54. The van der Waals surface area contributed by atoms with Gasteiger partial charge in [0.1, 0.15) is 6.04 Å². The van der Waals surface area contributed by atoms with Crippen molar-refractivity contribution >= 4 is 58.9 Å². The molecule has 0 saturated heterocycles. The smallest absolute Gasteiger partial charge is 0.545 e. The summed E-state index contributed by atoms with van der Waals surface area (Å²) in [6.45, 7) is 0. The van der Waals surface area contributed by atoms with Gasteiger partial charge in [-0.25, -0.2) is 9.97 Å². The Kier molecular flexibility index (Phi) is 17.8. The summed E-state index contributed by atoms with van der Waals surface area (Å²) in [7, 11) is 0. The van der Waals surface area contributed by atoms with Crippen molar-refractivity contribution < 1.29 is 29.7 Å². The van der Waals surface area contributed by atoms with Gasteiger partial charge in [0.25, 0.3) is 0 Å². The molecule has 5 N–H and O–H groups in total. The molecule has 0 fully saturated rings. The van der Waals surface area contributed by atoms with Gasteiger partial charge in [-0.2, -0.15) is 11.8 Å². The molecule has 2 heterocycles. The largest absolute Gasteiger partial charge is 2.00 e. The third-order valence-corrected chi connectivity index (χ3v) is 3.41. The Morgan fingerprint density at radius 2 is 1.53 bits per heavy atom. The maximum Gasteiger partial charge on any atom is 2.00 e. The molecule has 13 heteroatoms. The molecule has 0 bridgehead atoms. The van der Waals surface area contributed by atoms with Crippen molar-refractivity contribution in [1.82, 2.24) is 19.9 Å². The minimum Gasteiger partial charge on any atom is -0.545 e. The van der Waals surface area contributed by atoms with Crippen molar-refractivity contribution in [2.24, 2.45) is 5.73 Å². The minimum absolute atomic E-state index is 0. The number of hydrogen-bond acceptors (Lipinski definition) is 9. The normalized spacial score (nSPS) is 10.9. The van der Waals surface area contributed by atoms with Crippen LogP contribution in [0.25, 0.3) is 12.2 Å². The van der Waals surface area contributed by atoms with Crippen molar-refractivity contribution in [3.63, 3.8) is 0 Å². The second kappa shape index (κ2) is 18.2. The molecular formula is C17H21N5O6SSe. The zero-order valence-corrected chi connectivity index (χ0v) is 18.4. The number of carbonyl (C=O) groups excluding carboxylic acids is 2. The average molecular weight is 502 g/mol. The van der Waals surface area contributed by atoms with E-state index in [2.05, 4.69) is 19.9 Å². The van der Waals surface area contributed by atoms with Crippen LogP contribution in [-0.2, 0) is 14.4 Å². The van der Waals surface area contributed by atoms with E-state index in [4.69, 9.17) is 10.8 Å². The molecule has 2 aromatic heterocycles. The van der Waals surface area contributed by atoms with Crippen molar-refractivity contribution in [2.75, 3.05) is 12.0 Å². The number of carboxylic acids is 3. The van der Waals surface area contributed by atoms with Gasteiger partial charge in [0.05, 0.1) is 36.0 Å². The molecule has 4 radical (unpaired) electrons. The molecule has 0 aliphatic carbocycles. The van der Waals surface area contributed by atoms with Gasteiger partial charge < -0.3 is 40.6 Å². The number of rotatable bonds is 8. The first-order chi connectivity index (χ1) is 13.8. The molecule has 162 valence electrons. The van der Waals surface area contributed by atoms with Crippen LogP contribution in [0.1, 0.15) is 17.8 Å². The summed E-state index contributed by atoms with van der Waals surface area (Å²) in [5, 5.41) is 28.0. The van der Waals surface area contributed by atoms with Crippen LogP contribution in [0.2, 0.25) is 0 Å². The Morgan fingerprint density at radius 1 is 1.10 bits per heavy atom. The number of carbonyl (C=O) groups is 3. The fourth-order valence-electron chi connectivity index (χ4n) is 1.40. The Balaban J connectivity index is 0. The van der Waals surface area contributed by atoms with Gasteiger partial charge in [-0.3, -0.25) is 4.79 Å². The van der Waals surface area contributed by atoms with E-state index in [1.165, 1.54) is 24.8 Å². The first-order valence-electron chi connectivity index (χ1n) is 7.99. The van der Waals surface area contributed by atoms with Crippen molar-refractivity contribution in [3.05, 3.63) is 48.6 Å². The molecule has 0 saturated carbocycles. The molecule has 1 atom stereocenters. The number of imidazole rings is 2. The van der Waals surface area contributed by atoms with E-state index in [1.54, 1.807) is 24.2 Å². The van der Waals surface area contributed by atoms with Gasteiger partial charge in [0.2, 0.25) is 0 Å². The Bertz CT molecular complexity index is 726. The van der Waals surface area contributed by atoms with E-state index in [0.717, 1.165) is 17.9 Å². The standard InChI is InChI=1S/2C6H6N2O2.C5H11NO2S.Se/c2*9-6(10)2-1-5-3-7-4-8-5;1-9-3-2-4(6)5(7)8;/h2*1-4H,(H,7,8)(H,9,10);4H,2-3,6H2,1H3,(H,7,8);/q;;;+2/p-2/t;;4-;/m..0./s1. The van der Waals surface area contributed by atoms with Gasteiger partial charge >= 0.3 is 23.0 Å². The Hall–Kier alpha value is -2.86. The number of aliphatic carboxylic acids is 3. The van der Waals surface area contributed by atoms with Crippen LogP contribution in [0.4, 0.5) is 0 Å². The molecular weight excluding hydrogens is 481 g/mol. The summed E-state index contributed by atoms with van der Waals surface area (Å²) in [6, 6.07) is -0.683. The van der Waals surface area contributed by atoms with Gasteiger partial charge in [0, 0.05) is 12.4 Å². The zero-order valence-electron chi connectivity index (χ0n) is 15.9. The van der Waals surface area contributed by atoms with Crippen LogP contribution in [-0.4, -0.2) is 78.1 Å². The van der Waals surface area contributed by atoms with Gasteiger partial charge in [0.15, 0.2) is 0 Å². The van der Waals surface area contributed by atoms with Crippen molar-refractivity contribution in [2.45, 2.75) is 12.5 Å². The monoisotopic (exact) mass is 503 g/mol. The summed E-state index contributed by atoms with van der Waals surface area (Å²) < 4.78 is 0. The topological polar surface area (TPSA) is 201 Å². The summed E-state index contributed by atoms with van der Waals surface area (Å²) in [5.41, 5.74) is 6.34. The number of nitrogens with one attached hydrogen (secondary N) is 2. The molecule has 0 aromatic carbocycles. The first kappa shape index (κ1) is 29.3. The molecule has 2 aromatic rings. The van der Waals surface area contributed by atoms with Crippen molar-refractivity contribution in [1.29, 1.82) is 0 Å². The molecule has 0 spiro atoms. The minimum atomic E-state index is -1.22. The van der Waals surface area contributed by atoms with Gasteiger partial charge in [-0.05, 0) is 42.7 Å². The maximum absolute atomic E-state index is 10.1. The van der Waals surface area contributed by atoms with Gasteiger partial charge in [-0.15, -0.1) is 0 Å². The Morgan fingerprint density at radius 3 is 1.80 bits per heavy atom.